The molecule has 30 heavy (non-hydrogen) atoms. The predicted molar refractivity (Wildman–Crippen MR) is 122 cm³/mol. The van der Waals surface area contributed by atoms with E-state index in [1.165, 1.54) is 24.0 Å². The number of carbonyl (C=O) groups is 1. The summed E-state index contributed by atoms with van der Waals surface area (Å²) in [5.41, 5.74) is 3.59. The largest absolute Gasteiger partial charge is 0.354 e. The van der Waals surface area contributed by atoms with Crippen LogP contribution < -0.4 is 15.5 Å². The van der Waals surface area contributed by atoms with Gasteiger partial charge in [-0.1, -0.05) is 48.5 Å². The molecule has 6 nitrogen and oxygen atoms in total. The van der Waals surface area contributed by atoms with Crippen LogP contribution in [0.4, 0.5) is 5.69 Å². The van der Waals surface area contributed by atoms with Gasteiger partial charge in [0.05, 0.1) is 12.6 Å². The fourth-order valence-corrected chi connectivity index (χ4v) is 4.45. The normalized spacial score (nSPS) is 17.6. The molecule has 2 heterocycles. The van der Waals surface area contributed by atoms with E-state index in [4.69, 9.17) is 0 Å². The van der Waals surface area contributed by atoms with Crippen LogP contribution in [0, 0.1) is 0 Å². The Balaban J connectivity index is 1.33. The number of nitrogens with one attached hydrogen (secondary N) is 2. The van der Waals surface area contributed by atoms with E-state index in [-0.39, 0.29) is 12.5 Å². The van der Waals surface area contributed by atoms with Crippen LogP contribution in [-0.2, 0) is 11.2 Å². The number of fused-ring (bicyclic) bond motifs is 1. The molecule has 6 heteroatoms. The smallest absolute Gasteiger partial charge is 0.246 e. The summed E-state index contributed by atoms with van der Waals surface area (Å²) in [5, 5.41) is 6.64. The standard InChI is InChI=1S/C24H31N5O/c1-25-24(27-18-23(30)29-16-13-20-11-5-6-12-21(20)29)26-17-22(28-14-7-8-15-28)19-9-3-2-4-10-19/h2-6,9-12,22H,7-8,13-18H2,1H3,(H2,25,26,27). The van der Waals surface area contributed by atoms with E-state index < -0.39 is 0 Å². The summed E-state index contributed by atoms with van der Waals surface area (Å²) in [5.74, 6) is 0.734. The summed E-state index contributed by atoms with van der Waals surface area (Å²) < 4.78 is 0. The molecule has 0 saturated carbocycles. The van der Waals surface area contributed by atoms with Gasteiger partial charge in [-0.05, 0) is 49.5 Å². The Kier molecular flexibility index (Phi) is 6.64. The number of guanidine groups is 1. The maximum atomic E-state index is 12.8. The third-order valence-electron chi connectivity index (χ3n) is 6.05. The van der Waals surface area contributed by atoms with Crippen molar-refractivity contribution in [1.29, 1.82) is 0 Å². The van der Waals surface area contributed by atoms with E-state index in [1.807, 2.05) is 23.1 Å². The number of nitrogens with zero attached hydrogens (tertiary/aromatic N) is 3. The molecule has 0 radical (unpaired) electrons. The van der Waals surface area contributed by atoms with Crippen molar-refractivity contribution in [2.75, 3.05) is 44.7 Å². The minimum Gasteiger partial charge on any atom is -0.354 e. The van der Waals surface area contributed by atoms with Crippen LogP contribution in [0.3, 0.4) is 0 Å². The zero-order valence-corrected chi connectivity index (χ0v) is 17.7. The molecule has 0 bridgehead atoms. The molecule has 158 valence electrons. The quantitative estimate of drug-likeness (QED) is 0.573. The van der Waals surface area contributed by atoms with Crippen molar-refractivity contribution < 1.29 is 4.79 Å². The van der Waals surface area contributed by atoms with Gasteiger partial charge in [0.1, 0.15) is 0 Å². The number of benzene rings is 2. The first kappa shape index (κ1) is 20.4. The van der Waals surface area contributed by atoms with Crippen molar-refractivity contribution in [3.63, 3.8) is 0 Å². The van der Waals surface area contributed by atoms with Crippen molar-refractivity contribution in [3.8, 4) is 0 Å². The maximum absolute atomic E-state index is 12.8. The van der Waals surface area contributed by atoms with Crippen LogP contribution in [0.5, 0.6) is 0 Å². The third-order valence-corrected chi connectivity index (χ3v) is 6.05. The fraction of sp³-hybridized carbons (Fsp3) is 0.417. The first-order valence-corrected chi connectivity index (χ1v) is 10.9. The van der Waals surface area contributed by atoms with Gasteiger partial charge in [-0.3, -0.25) is 14.7 Å². The number of hydrogen-bond donors (Lipinski definition) is 2. The van der Waals surface area contributed by atoms with E-state index in [1.54, 1.807) is 7.05 Å². The van der Waals surface area contributed by atoms with E-state index in [0.717, 1.165) is 38.3 Å². The molecule has 2 aliphatic rings. The minimum absolute atomic E-state index is 0.0713. The summed E-state index contributed by atoms with van der Waals surface area (Å²) >= 11 is 0. The number of carbonyl (C=O) groups excluding carboxylic acids is 1. The highest BCUT2D eigenvalue weighted by atomic mass is 16.2. The van der Waals surface area contributed by atoms with E-state index >= 15 is 0 Å². The number of anilines is 1. The highest BCUT2D eigenvalue weighted by Gasteiger charge is 2.25. The third kappa shape index (κ3) is 4.65. The van der Waals surface area contributed by atoms with Crippen LogP contribution >= 0.6 is 0 Å². The number of aliphatic imine (C=N–C) groups is 1. The molecule has 0 aliphatic carbocycles. The topological polar surface area (TPSA) is 60.0 Å². The predicted octanol–water partition coefficient (Wildman–Crippen LogP) is 2.58. The molecule has 1 saturated heterocycles. The first-order valence-electron chi connectivity index (χ1n) is 10.9. The average molecular weight is 406 g/mol. The SMILES string of the molecule is CN=C(NCC(=O)N1CCc2ccccc21)NCC(c1ccccc1)N1CCCC1. The summed E-state index contributed by atoms with van der Waals surface area (Å²) in [7, 11) is 1.75. The highest BCUT2D eigenvalue weighted by molar-refractivity contribution is 5.98. The second-order valence-electron chi connectivity index (χ2n) is 7.90. The molecule has 2 aliphatic heterocycles. The summed E-state index contributed by atoms with van der Waals surface area (Å²) in [6, 6.07) is 19.1. The van der Waals surface area contributed by atoms with Crippen molar-refractivity contribution in [2.24, 2.45) is 4.99 Å². The number of hydrogen-bond acceptors (Lipinski definition) is 3. The van der Waals surface area contributed by atoms with Crippen LogP contribution in [0.25, 0.3) is 0 Å². The Labute approximate surface area is 179 Å². The van der Waals surface area contributed by atoms with Crippen LogP contribution in [0.2, 0.25) is 0 Å². The molecular formula is C24H31N5O. The number of amides is 1. The zero-order chi connectivity index (χ0) is 20.8. The van der Waals surface area contributed by atoms with E-state index in [2.05, 4.69) is 56.9 Å². The molecule has 1 fully saturated rings. The summed E-state index contributed by atoms with van der Waals surface area (Å²) in [6.07, 6.45) is 3.42. The molecule has 2 aromatic rings. The fourth-order valence-electron chi connectivity index (χ4n) is 4.45. The lowest BCUT2D eigenvalue weighted by Crippen LogP contribution is -2.46. The Bertz CT molecular complexity index is 876. The molecule has 1 amide bonds. The van der Waals surface area contributed by atoms with Crippen molar-refractivity contribution >= 4 is 17.6 Å². The molecule has 1 atom stereocenters. The molecule has 2 aromatic carbocycles. The van der Waals surface area contributed by atoms with E-state index in [0.29, 0.717) is 12.0 Å². The Morgan fingerprint density at radius 1 is 1.00 bits per heavy atom. The van der Waals surface area contributed by atoms with Crippen molar-refractivity contribution in [2.45, 2.75) is 25.3 Å². The molecule has 2 N–H and O–H groups in total. The Morgan fingerprint density at radius 2 is 1.73 bits per heavy atom. The average Bonchev–Trinajstić information content (AvgIpc) is 3.47. The number of rotatable bonds is 6. The second-order valence-corrected chi connectivity index (χ2v) is 7.90. The van der Waals surface area contributed by atoms with Gasteiger partial charge in [-0.2, -0.15) is 0 Å². The zero-order valence-electron chi connectivity index (χ0n) is 17.7. The van der Waals surface area contributed by atoms with Gasteiger partial charge >= 0.3 is 0 Å². The van der Waals surface area contributed by atoms with Gasteiger partial charge in [-0.15, -0.1) is 0 Å². The molecule has 4 rings (SSSR count). The van der Waals surface area contributed by atoms with Crippen molar-refractivity contribution in [1.82, 2.24) is 15.5 Å². The van der Waals surface area contributed by atoms with Crippen LogP contribution in [-0.4, -0.2) is 56.5 Å². The lowest BCUT2D eigenvalue weighted by molar-refractivity contribution is -0.117. The Morgan fingerprint density at radius 3 is 2.50 bits per heavy atom. The molecule has 0 spiro atoms. The summed E-state index contributed by atoms with van der Waals surface area (Å²) in [6.45, 7) is 3.98. The highest BCUT2D eigenvalue weighted by Crippen LogP contribution is 2.27. The Hall–Kier alpha value is -2.86. The lowest BCUT2D eigenvalue weighted by atomic mass is 10.1. The van der Waals surface area contributed by atoms with Crippen LogP contribution in [0.15, 0.2) is 59.6 Å². The van der Waals surface area contributed by atoms with Gasteiger partial charge in [0.2, 0.25) is 5.91 Å². The van der Waals surface area contributed by atoms with Crippen molar-refractivity contribution in [3.05, 3.63) is 65.7 Å². The second kappa shape index (κ2) is 9.76. The monoisotopic (exact) mass is 405 g/mol. The molecule has 0 aromatic heterocycles. The maximum Gasteiger partial charge on any atom is 0.246 e. The lowest BCUT2D eigenvalue weighted by Gasteiger charge is -2.29. The van der Waals surface area contributed by atoms with Gasteiger partial charge in [0, 0.05) is 25.8 Å². The van der Waals surface area contributed by atoms with Gasteiger partial charge in [0.25, 0.3) is 0 Å². The molecule has 1 unspecified atom stereocenters. The van der Waals surface area contributed by atoms with Gasteiger partial charge in [0.15, 0.2) is 5.96 Å². The summed E-state index contributed by atoms with van der Waals surface area (Å²) in [4.78, 5) is 21.5. The number of likely N-dealkylation sites (tertiary alicyclic amines) is 1. The minimum atomic E-state index is 0.0713. The first-order chi connectivity index (χ1) is 14.8. The van der Waals surface area contributed by atoms with E-state index in [9.17, 15) is 4.79 Å². The van der Waals surface area contributed by atoms with Crippen LogP contribution in [0.1, 0.15) is 30.0 Å². The molecular weight excluding hydrogens is 374 g/mol. The van der Waals surface area contributed by atoms with Gasteiger partial charge in [-0.25, -0.2) is 0 Å². The van der Waals surface area contributed by atoms with Gasteiger partial charge < -0.3 is 15.5 Å². The number of para-hydroxylation sites is 1.